The molecule has 1 aliphatic rings. The Morgan fingerprint density at radius 1 is 0.962 bits per heavy atom. The third kappa shape index (κ3) is 3.40. The lowest BCUT2D eigenvalue weighted by Gasteiger charge is -2.28. The second kappa shape index (κ2) is 5.94. The first-order valence-corrected chi connectivity index (χ1v) is 9.30. The molecule has 1 N–H and O–H groups in total. The fourth-order valence-corrected chi connectivity index (χ4v) is 3.39. The Balaban J connectivity index is 2.11. The zero-order chi connectivity index (χ0) is 19.3. The third-order valence-corrected chi connectivity index (χ3v) is 5.47. The number of hydrogen-bond donors (Lipinski definition) is 1. The van der Waals surface area contributed by atoms with Crippen molar-refractivity contribution in [3.8, 4) is 0 Å². The summed E-state index contributed by atoms with van der Waals surface area (Å²) in [6, 6.07) is 10.5. The molecule has 1 saturated carbocycles. The highest BCUT2D eigenvalue weighted by Crippen LogP contribution is 2.53. The van der Waals surface area contributed by atoms with Crippen molar-refractivity contribution >= 4 is 5.97 Å². The molecule has 0 amide bonds. The number of benzene rings is 1. The van der Waals surface area contributed by atoms with Gasteiger partial charge in [0.15, 0.2) is 0 Å². The fraction of sp³-hybridized carbons (Fsp3) is 0.478. The Labute approximate surface area is 156 Å². The van der Waals surface area contributed by atoms with Crippen molar-refractivity contribution in [2.24, 2.45) is 0 Å². The fourth-order valence-electron chi connectivity index (χ4n) is 3.39. The topological polar surface area (TPSA) is 50.2 Å². The number of carboxylic acid groups (broad SMARTS) is 1. The minimum absolute atomic E-state index is 0.0711. The summed E-state index contributed by atoms with van der Waals surface area (Å²) in [7, 11) is 0. The molecule has 0 unspecified atom stereocenters. The summed E-state index contributed by atoms with van der Waals surface area (Å²) in [6.45, 7) is 13.5. The molecule has 0 radical (unpaired) electrons. The van der Waals surface area contributed by atoms with Gasteiger partial charge in [-0.2, -0.15) is 0 Å². The molecule has 0 atom stereocenters. The van der Waals surface area contributed by atoms with Crippen LogP contribution >= 0.6 is 0 Å². The van der Waals surface area contributed by atoms with E-state index in [4.69, 9.17) is 5.11 Å². The number of hydrogen-bond acceptors (Lipinski definition) is 2. The molecule has 1 fully saturated rings. The van der Waals surface area contributed by atoms with Crippen LogP contribution in [-0.2, 0) is 16.2 Å². The highest BCUT2D eigenvalue weighted by Gasteiger charge is 2.47. The maximum Gasteiger partial charge on any atom is 0.337 e. The second-order valence-corrected chi connectivity index (χ2v) is 9.62. The highest BCUT2D eigenvalue weighted by molar-refractivity contribution is 5.87. The minimum atomic E-state index is -0.932. The van der Waals surface area contributed by atoms with Gasteiger partial charge in [-0.3, -0.25) is 4.98 Å². The van der Waals surface area contributed by atoms with Gasteiger partial charge in [0.05, 0.1) is 11.3 Å². The molecule has 0 bridgehead atoms. The van der Waals surface area contributed by atoms with Gasteiger partial charge in [-0.15, -0.1) is 0 Å². The molecule has 0 spiro atoms. The Hall–Kier alpha value is -2.16. The standard InChI is InChI=1S/C23H29NO2/c1-21(2,3)16-11-17(22(4,5)6)13-18(12-16)23(9-10-23)19-8-7-15(14-24-19)20(25)26/h7-8,11-14H,9-10H2,1-6H3,(H,25,26). The van der Waals surface area contributed by atoms with Crippen molar-refractivity contribution in [1.82, 2.24) is 4.98 Å². The van der Waals surface area contributed by atoms with Crippen LogP contribution in [0.15, 0.2) is 36.5 Å². The molecule has 2 aromatic rings. The molecular weight excluding hydrogens is 322 g/mol. The van der Waals surface area contributed by atoms with Crippen molar-refractivity contribution in [2.75, 3.05) is 0 Å². The van der Waals surface area contributed by atoms with E-state index in [1.807, 2.05) is 6.07 Å². The number of aromatic nitrogens is 1. The maximum absolute atomic E-state index is 11.1. The normalized spacial score (nSPS) is 16.4. The molecule has 3 rings (SSSR count). The number of nitrogens with zero attached hydrogens (tertiary/aromatic N) is 1. The number of rotatable bonds is 3. The van der Waals surface area contributed by atoms with Gasteiger partial charge in [0.2, 0.25) is 0 Å². The molecule has 0 aliphatic heterocycles. The molecule has 26 heavy (non-hydrogen) atoms. The van der Waals surface area contributed by atoms with E-state index in [0.29, 0.717) is 0 Å². The Bertz CT molecular complexity index is 800. The van der Waals surface area contributed by atoms with Gasteiger partial charge in [0.1, 0.15) is 0 Å². The van der Waals surface area contributed by atoms with Gasteiger partial charge in [0, 0.05) is 11.6 Å². The molecule has 0 saturated heterocycles. The zero-order valence-corrected chi connectivity index (χ0v) is 16.7. The molecule has 3 nitrogen and oxygen atoms in total. The zero-order valence-electron chi connectivity index (χ0n) is 16.7. The van der Waals surface area contributed by atoms with Crippen LogP contribution in [0.4, 0.5) is 0 Å². The lowest BCUT2D eigenvalue weighted by molar-refractivity contribution is 0.0696. The molecular formula is C23H29NO2. The third-order valence-electron chi connectivity index (χ3n) is 5.47. The average molecular weight is 351 g/mol. The SMILES string of the molecule is CC(C)(C)c1cc(C(C)(C)C)cc(C2(c3ccc(C(=O)O)cn3)CC2)c1. The average Bonchev–Trinajstić information content (AvgIpc) is 3.35. The van der Waals surface area contributed by atoms with Crippen LogP contribution in [0.1, 0.15) is 87.1 Å². The smallest absolute Gasteiger partial charge is 0.337 e. The summed E-state index contributed by atoms with van der Waals surface area (Å²) in [5.74, 6) is -0.932. The van der Waals surface area contributed by atoms with Crippen molar-refractivity contribution < 1.29 is 9.90 Å². The molecule has 138 valence electrons. The van der Waals surface area contributed by atoms with Crippen LogP contribution in [-0.4, -0.2) is 16.1 Å². The monoisotopic (exact) mass is 351 g/mol. The van der Waals surface area contributed by atoms with E-state index in [1.54, 1.807) is 6.07 Å². The summed E-state index contributed by atoms with van der Waals surface area (Å²) in [5.41, 5.74) is 5.29. The van der Waals surface area contributed by atoms with Crippen LogP contribution in [0.5, 0.6) is 0 Å². The summed E-state index contributed by atoms with van der Waals surface area (Å²) in [6.07, 6.45) is 3.60. The summed E-state index contributed by atoms with van der Waals surface area (Å²) < 4.78 is 0. The van der Waals surface area contributed by atoms with Gasteiger partial charge in [-0.1, -0.05) is 59.7 Å². The molecule has 1 aromatic carbocycles. The van der Waals surface area contributed by atoms with Gasteiger partial charge in [-0.25, -0.2) is 4.79 Å². The number of pyridine rings is 1. The van der Waals surface area contributed by atoms with Crippen LogP contribution in [0.3, 0.4) is 0 Å². The minimum Gasteiger partial charge on any atom is -0.478 e. The molecule has 1 aromatic heterocycles. The van der Waals surface area contributed by atoms with E-state index in [-0.39, 0.29) is 21.8 Å². The van der Waals surface area contributed by atoms with Crippen molar-refractivity contribution in [3.63, 3.8) is 0 Å². The number of carboxylic acids is 1. The Morgan fingerprint density at radius 3 is 1.85 bits per heavy atom. The van der Waals surface area contributed by atoms with Crippen molar-refractivity contribution in [3.05, 3.63) is 64.5 Å². The predicted octanol–water partition coefficient (Wildman–Crippen LogP) is 5.45. The van der Waals surface area contributed by atoms with E-state index < -0.39 is 5.97 Å². The van der Waals surface area contributed by atoms with E-state index in [2.05, 4.69) is 64.7 Å². The second-order valence-electron chi connectivity index (χ2n) is 9.62. The first-order valence-electron chi connectivity index (χ1n) is 9.30. The molecule has 1 heterocycles. The summed E-state index contributed by atoms with van der Waals surface area (Å²) in [4.78, 5) is 15.6. The Kier molecular flexibility index (Phi) is 4.25. The van der Waals surface area contributed by atoms with E-state index in [9.17, 15) is 4.79 Å². The lowest BCUT2D eigenvalue weighted by Crippen LogP contribution is -2.20. The van der Waals surface area contributed by atoms with Crippen LogP contribution < -0.4 is 0 Å². The quantitative estimate of drug-likeness (QED) is 0.799. The summed E-state index contributed by atoms with van der Waals surface area (Å²) >= 11 is 0. The van der Waals surface area contributed by atoms with Crippen molar-refractivity contribution in [2.45, 2.75) is 70.6 Å². The number of carbonyl (C=O) groups is 1. The maximum atomic E-state index is 11.1. The van der Waals surface area contributed by atoms with Crippen LogP contribution in [0.25, 0.3) is 0 Å². The van der Waals surface area contributed by atoms with Gasteiger partial charge in [0.25, 0.3) is 0 Å². The van der Waals surface area contributed by atoms with E-state index in [0.717, 1.165) is 18.5 Å². The Morgan fingerprint density at radius 2 is 1.50 bits per heavy atom. The number of aromatic carboxylic acids is 1. The van der Waals surface area contributed by atoms with Gasteiger partial charge >= 0.3 is 5.97 Å². The first-order chi connectivity index (χ1) is 11.9. The molecule has 1 aliphatic carbocycles. The van der Waals surface area contributed by atoms with Gasteiger partial charge < -0.3 is 5.11 Å². The highest BCUT2D eigenvalue weighted by atomic mass is 16.4. The first kappa shape index (κ1) is 18.6. The summed E-state index contributed by atoms with van der Waals surface area (Å²) in [5, 5.41) is 9.12. The van der Waals surface area contributed by atoms with Crippen LogP contribution in [0.2, 0.25) is 0 Å². The van der Waals surface area contributed by atoms with Crippen LogP contribution in [0, 0.1) is 0 Å². The predicted molar refractivity (Wildman–Crippen MR) is 105 cm³/mol. The van der Waals surface area contributed by atoms with Crippen molar-refractivity contribution in [1.29, 1.82) is 0 Å². The molecule has 3 heteroatoms. The lowest BCUT2D eigenvalue weighted by atomic mass is 9.77. The van der Waals surface area contributed by atoms with Gasteiger partial charge in [-0.05, 0) is 52.5 Å². The van der Waals surface area contributed by atoms with E-state index in [1.165, 1.54) is 22.9 Å². The van der Waals surface area contributed by atoms with E-state index >= 15 is 0 Å². The largest absolute Gasteiger partial charge is 0.478 e.